The summed E-state index contributed by atoms with van der Waals surface area (Å²) >= 11 is 0. The summed E-state index contributed by atoms with van der Waals surface area (Å²) in [6.07, 6.45) is -5.01. The maximum absolute atomic E-state index is 13.1. The third-order valence-electron chi connectivity index (χ3n) is 4.23. The minimum Gasteiger partial charge on any atom is -0.364 e. The zero-order chi connectivity index (χ0) is 22.0. The largest absolute Gasteiger partial charge is 0.423 e. The molecule has 0 radical (unpaired) electrons. The van der Waals surface area contributed by atoms with Crippen molar-refractivity contribution in [3.05, 3.63) is 73.8 Å². The highest BCUT2D eigenvalue weighted by Gasteiger charge is 2.40. The van der Waals surface area contributed by atoms with Crippen molar-refractivity contribution in [3.8, 4) is 0 Å². The van der Waals surface area contributed by atoms with E-state index in [1.165, 1.54) is 26.2 Å². The summed E-state index contributed by atoms with van der Waals surface area (Å²) in [6.45, 7) is 1.32. The Kier molecular flexibility index (Phi) is 5.88. The fraction of sp³-hybridized carbons (Fsp3) is 0.235. The van der Waals surface area contributed by atoms with Crippen LogP contribution in [0.5, 0.6) is 0 Å². The Hall–Kier alpha value is -3.54. The van der Waals surface area contributed by atoms with Gasteiger partial charge in [-0.3, -0.25) is 25.0 Å². The van der Waals surface area contributed by atoms with Gasteiger partial charge in [0.15, 0.2) is 5.60 Å². The van der Waals surface area contributed by atoms with E-state index in [2.05, 4.69) is 5.32 Å². The lowest BCUT2D eigenvalue weighted by Crippen LogP contribution is -2.39. The van der Waals surface area contributed by atoms with E-state index in [-0.39, 0.29) is 16.9 Å². The first kappa shape index (κ1) is 21.8. The highest BCUT2D eigenvalue weighted by atomic mass is 19.4. The van der Waals surface area contributed by atoms with Crippen molar-refractivity contribution in [2.75, 3.05) is 12.4 Å². The Balaban J connectivity index is 2.38. The van der Waals surface area contributed by atoms with Crippen molar-refractivity contribution >= 4 is 23.0 Å². The molecule has 9 nitrogen and oxygen atoms in total. The Morgan fingerprint density at radius 2 is 1.62 bits per heavy atom. The lowest BCUT2D eigenvalue weighted by molar-refractivity contribution is -0.388. The molecule has 1 N–H and O–H groups in total. The van der Waals surface area contributed by atoms with Crippen molar-refractivity contribution in [1.82, 2.24) is 0 Å². The molecule has 0 aliphatic heterocycles. The predicted molar refractivity (Wildman–Crippen MR) is 94.2 cm³/mol. The Morgan fingerprint density at radius 1 is 1.03 bits per heavy atom. The van der Waals surface area contributed by atoms with Gasteiger partial charge in [0.1, 0.15) is 5.56 Å². The van der Waals surface area contributed by atoms with Gasteiger partial charge in [-0.2, -0.15) is 13.2 Å². The molecule has 0 fully saturated rings. The first-order valence-electron chi connectivity index (χ1n) is 7.87. The monoisotopic (exact) mass is 413 g/mol. The van der Waals surface area contributed by atoms with Crippen LogP contribution in [0.15, 0.2) is 42.5 Å². The van der Waals surface area contributed by atoms with Gasteiger partial charge < -0.3 is 10.1 Å². The summed E-state index contributed by atoms with van der Waals surface area (Å²) in [7, 11) is 1.18. The number of amides is 1. The van der Waals surface area contributed by atoms with Crippen LogP contribution in [0.3, 0.4) is 0 Å². The number of rotatable bonds is 6. The number of carbonyl (C=O) groups excluding carboxylic acids is 1. The van der Waals surface area contributed by atoms with E-state index in [1.54, 1.807) is 0 Å². The van der Waals surface area contributed by atoms with Gasteiger partial charge in [-0.25, -0.2) is 0 Å². The van der Waals surface area contributed by atoms with Gasteiger partial charge in [0.2, 0.25) is 0 Å². The van der Waals surface area contributed by atoms with Gasteiger partial charge in [0.25, 0.3) is 17.3 Å². The molecule has 0 saturated carbocycles. The second kappa shape index (κ2) is 7.83. The van der Waals surface area contributed by atoms with Crippen LogP contribution in [-0.2, 0) is 21.3 Å². The van der Waals surface area contributed by atoms with E-state index >= 15 is 0 Å². The van der Waals surface area contributed by atoms with Crippen LogP contribution in [0.4, 0.5) is 30.2 Å². The number of nitro benzene ring substituents is 2. The Bertz CT molecular complexity index is 962. The minimum atomic E-state index is -5.01. The zero-order valence-electron chi connectivity index (χ0n) is 15.0. The molecule has 0 aromatic heterocycles. The van der Waals surface area contributed by atoms with E-state index < -0.39 is 38.8 Å². The maximum atomic E-state index is 13.1. The molecule has 2 aromatic carbocycles. The summed E-state index contributed by atoms with van der Waals surface area (Å²) in [5.41, 5.74) is -4.72. The smallest absolute Gasteiger partial charge is 0.364 e. The predicted octanol–water partition coefficient (Wildman–Crippen LogP) is 4.02. The van der Waals surface area contributed by atoms with Crippen LogP contribution in [0.2, 0.25) is 0 Å². The summed E-state index contributed by atoms with van der Waals surface area (Å²) in [6, 6.07) is 6.88. The van der Waals surface area contributed by atoms with Crippen LogP contribution in [-0.4, -0.2) is 22.9 Å². The molecule has 0 aliphatic carbocycles. The quantitative estimate of drug-likeness (QED) is 0.563. The first-order valence-corrected chi connectivity index (χ1v) is 7.87. The molecular weight excluding hydrogens is 399 g/mol. The van der Waals surface area contributed by atoms with Crippen molar-refractivity contribution in [3.63, 3.8) is 0 Å². The molecular formula is C17H14F3N3O6. The molecule has 0 heterocycles. The summed E-state index contributed by atoms with van der Waals surface area (Å²) < 4.78 is 44.5. The minimum absolute atomic E-state index is 0.209. The molecule has 154 valence electrons. The third-order valence-corrected chi connectivity index (χ3v) is 4.23. The molecule has 0 aliphatic rings. The number of anilines is 1. The van der Waals surface area contributed by atoms with Gasteiger partial charge in [0, 0.05) is 31.0 Å². The van der Waals surface area contributed by atoms with Crippen LogP contribution in [0.25, 0.3) is 0 Å². The Morgan fingerprint density at radius 3 is 2.07 bits per heavy atom. The number of hydrogen-bond acceptors (Lipinski definition) is 6. The van der Waals surface area contributed by atoms with E-state index in [9.17, 15) is 38.2 Å². The number of ether oxygens (including phenoxy) is 1. The normalized spacial score (nSPS) is 13.4. The van der Waals surface area contributed by atoms with E-state index in [0.717, 1.165) is 18.2 Å². The highest BCUT2D eigenvalue weighted by Crippen LogP contribution is 2.38. The lowest BCUT2D eigenvalue weighted by Gasteiger charge is -2.27. The SMILES string of the molecule is COC(C)(C(=O)Nc1ccc([N+](=O)[O-])c(C(F)(F)F)c1)c1ccc([N+](=O)[O-])cc1. The average Bonchev–Trinajstić information content (AvgIpc) is 2.66. The standard InChI is InChI=1S/C17H14F3N3O6/c1-16(29-2,10-3-6-12(7-4-10)22(25)26)15(24)21-11-5-8-14(23(27)28)13(9-11)17(18,19)20/h3-9H,1-2H3,(H,21,24). The molecule has 2 aromatic rings. The molecule has 1 unspecified atom stereocenters. The van der Waals surface area contributed by atoms with Crippen molar-refractivity contribution in [2.24, 2.45) is 0 Å². The van der Waals surface area contributed by atoms with Crippen molar-refractivity contribution in [1.29, 1.82) is 0 Å². The van der Waals surface area contributed by atoms with Crippen LogP contribution in [0.1, 0.15) is 18.1 Å². The van der Waals surface area contributed by atoms with Gasteiger partial charge >= 0.3 is 6.18 Å². The number of halogens is 3. The lowest BCUT2D eigenvalue weighted by atomic mass is 9.94. The van der Waals surface area contributed by atoms with E-state index in [1.807, 2.05) is 0 Å². The first-order chi connectivity index (χ1) is 13.4. The number of benzene rings is 2. The number of methoxy groups -OCH3 is 1. The molecule has 2 rings (SSSR count). The number of carbonyl (C=O) groups is 1. The zero-order valence-corrected chi connectivity index (χ0v) is 15.0. The van der Waals surface area contributed by atoms with Gasteiger partial charge in [-0.1, -0.05) is 0 Å². The van der Waals surface area contributed by atoms with Crippen molar-refractivity contribution in [2.45, 2.75) is 18.7 Å². The van der Waals surface area contributed by atoms with Gasteiger partial charge in [-0.05, 0) is 36.8 Å². The number of nitrogens with one attached hydrogen (secondary N) is 1. The maximum Gasteiger partial charge on any atom is 0.423 e. The van der Waals surface area contributed by atoms with E-state index in [0.29, 0.717) is 12.1 Å². The third kappa shape index (κ3) is 4.48. The molecule has 1 atom stereocenters. The summed E-state index contributed by atoms with van der Waals surface area (Å²) in [5.74, 6) is -0.879. The molecule has 1 amide bonds. The molecule has 0 spiro atoms. The fourth-order valence-corrected chi connectivity index (χ4v) is 2.49. The number of alkyl halides is 3. The van der Waals surface area contributed by atoms with Gasteiger partial charge in [-0.15, -0.1) is 0 Å². The highest BCUT2D eigenvalue weighted by molar-refractivity contribution is 5.98. The Labute approximate surface area is 161 Å². The van der Waals surface area contributed by atoms with Crippen LogP contribution in [0, 0.1) is 20.2 Å². The molecule has 0 bridgehead atoms. The molecule has 29 heavy (non-hydrogen) atoms. The topological polar surface area (TPSA) is 125 Å². The number of nitro groups is 2. The average molecular weight is 413 g/mol. The number of hydrogen-bond donors (Lipinski definition) is 1. The second-order valence-electron chi connectivity index (χ2n) is 5.98. The number of nitrogens with zero attached hydrogens (tertiary/aromatic N) is 2. The van der Waals surface area contributed by atoms with E-state index in [4.69, 9.17) is 4.74 Å². The number of non-ortho nitro benzene ring substituents is 1. The van der Waals surface area contributed by atoms with Gasteiger partial charge in [0.05, 0.1) is 9.85 Å². The molecule has 12 heteroatoms. The fourth-order valence-electron chi connectivity index (χ4n) is 2.49. The van der Waals surface area contributed by atoms with Crippen molar-refractivity contribution < 1.29 is 32.5 Å². The van der Waals surface area contributed by atoms with Crippen LogP contribution < -0.4 is 5.32 Å². The second-order valence-corrected chi connectivity index (χ2v) is 5.98. The summed E-state index contributed by atoms with van der Waals surface area (Å²) in [5, 5.41) is 23.8. The molecule has 0 saturated heterocycles. The van der Waals surface area contributed by atoms with Crippen LogP contribution >= 0.6 is 0 Å². The summed E-state index contributed by atoms with van der Waals surface area (Å²) in [4.78, 5) is 32.4.